The lowest BCUT2D eigenvalue weighted by Crippen LogP contribution is -2.26. The molecule has 0 saturated carbocycles. The molecule has 32 heavy (non-hydrogen) atoms. The van der Waals surface area contributed by atoms with E-state index in [1.807, 2.05) is 65.3 Å². The number of carbonyl (C=O) groups is 1. The first-order chi connectivity index (χ1) is 15.7. The Morgan fingerprint density at radius 3 is 2.59 bits per heavy atom. The number of nitrogens with one attached hydrogen (secondary N) is 1. The van der Waals surface area contributed by atoms with E-state index in [1.165, 1.54) is 0 Å². The van der Waals surface area contributed by atoms with Gasteiger partial charge in [0.25, 0.3) is 5.91 Å². The van der Waals surface area contributed by atoms with Crippen LogP contribution in [0.15, 0.2) is 73.1 Å². The summed E-state index contributed by atoms with van der Waals surface area (Å²) in [4.78, 5) is 17.3. The van der Waals surface area contributed by atoms with E-state index < -0.39 is 0 Å². The molecule has 1 amide bonds. The Morgan fingerprint density at radius 2 is 1.78 bits per heavy atom. The van der Waals surface area contributed by atoms with Gasteiger partial charge in [0.15, 0.2) is 11.5 Å². The first kappa shape index (κ1) is 21.2. The Hall–Kier alpha value is -4.00. The molecule has 2 heterocycles. The zero-order valence-electron chi connectivity index (χ0n) is 18.1. The molecule has 0 atom stereocenters. The van der Waals surface area contributed by atoms with Crippen molar-refractivity contribution in [3.8, 4) is 17.2 Å². The highest BCUT2D eigenvalue weighted by atomic mass is 16.5. The summed E-state index contributed by atoms with van der Waals surface area (Å²) in [5, 5.41) is 2.96. The molecule has 1 N–H and O–H groups in total. The third-order valence-electron chi connectivity index (χ3n) is 5.07. The Balaban J connectivity index is 1.37. The molecule has 0 bridgehead atoms. The number of rotatable bonds is 9. The molecule has 0 aliphatic carbocycles. The maximum atomic E-state index is 12.8. The molecule has 0 saturated heterocycles. The zero-order chi connectivity index (χ0) is 22.3. The second-order valence-electron chi connectivity index (χ2n) is 7.18. The van der Waals surface area contributed by atoms with E-state index in [2.05, 4.69) is 10.3 Å². The van der Waals surface area contributed by atoms with E-state index in [9.17, 15) is 4.79 Å². The van der Waals surface area contributed by atoms with Crippen LogP contribution in [0.1, 0.15) is 21.6 Å². The van der Waals surface area contributed by atoms with E-state index in [0.29, 0.717) is 35.8 Å². The fourth-order valence-corrected chi connectivity index (χ4v) is 3.44. The largest absolute Gasteiger partial charge is 0.493 e. The van der Waals surface area contributed by atoms with Gasteiger partial charge in [-0.25, -0.2) is 4.98 Å². The molecular weight excluding hydrogens is 406 g/mol. The first-order valence-electron chi connectivity index (χ1n) is 10.3. The Kier molecular flexibility index (Phi) is 6.55. The summed E-state index contributed by atoms with van der Waals surface area (Å²) in [6, 6.07) is 18.8. The molecule has 7 nitrogen and oxygen atoms in total. The highest BCUT2D eigenvalue weighted by Gasteiger charge is 2.13. The maximum Gasteiger partial charge on any atom is 0.255 e. The topological polar surface area (TPSA) is 74.1 Å². The number of imidazole rings is 1. The van der Waals surface area contributed by atoms with E-state index >= 15 is 0 Å². The van der Waals surface area contributed by atoms with E-state index in [1.54, 1.807) is 26.4 Å². The van der Waals surface area contributed by atoms with Gasteiger partial charge in [0.2, 0.25) is 0 Å². The van der Waals surface area contributed by atoms with Crippen molar-refractivity contribution in [3.05, 3.63) is 89.9 Å². The number of para-hydroxylation sites is 1. The number of hydrogen-bond donors (Lipinski definition) is 1. The predicted molar refractivity (Wildman–Crippen MR) is 122 cm³/mol. The van der Waals surface area contributed by atoms with Crippen molar-refractivity contribution >= 4 is 11.6 Å². The van der Waals surface area contributed by atoms with Gasteiger partial charge in [0.1, 0.15) is 18.0 Å². The molecule has 2 aromatic heterocycles. The summed E-state index contributed by atoms with van der Waals surface area (Å²) in [5.41, 5.74) is 3.18. The number of amides is 1. The van der Waals surface area contributed by atoms with Crippen LogP contribution in [0, 0.1) is 0 Å². The molecule has 0 fully saturated rings. The van der Waals surface area contributed by atoms with Crippen LogP contribution in [-0.2, 0) is 13.0 Å². The fourth-order valence-electron chi connectivity index (χ4n) is 3.44. The monoisotopic (exact) mass is 431 g/mol. The summed E-state index contributed by atoms with van der Waals surface area (Å²) in [5.74, 6) is 1.68. The van der Waals surface area contributed by atoms with Crippen LogP contribution < -0.4 is 19.5 Å². The number of hydrogen-bond acceptors (Lipinski definition) is 5. The van der Waals surface area contributed by atoms with Gasteiger partial charge in [-0.2, -0.15) is 0 Å². The van der Waals surface area contributed by atoms with E-state index in [-0.39, 0.29) is 12.5 Å². The van der Waals surface area contributed by atoms with Crippen molar-refractivity contribution < 1.29 is 19.0 Å². The highest BCUT2D eigenvalue weighted by molar-refractivity contribution is 5.96. The van der Waals surface area contributed by atoms with Crippen molar-refractivity contribution in [2.75, 3.05) is 20.8 Å². The third-order valence-corrected chi connectivity index (χ3v) is 5.07. The number of carbonyl (C=O) groups excluding carboxylic acids is 1. The van der Waals surface area contributed by atoms with Gasteiger partial charge in [-0.05, 0) is 48.4 Å². The number of methoxy groups -OCH3 is 2. The van der Waals surface area contributed by atoms with Crippen LogP contribution in [-0.4, -0.2) is 36.1 Å². The summed E-state index contributed by atoms with van der Waals surface area (Å²) in [6.45, 7) is 0.757. The van der Waals surface area contributed by atoms with Gasteiger partial charge in [-0.1, -0.05) is 24.3 Å². The van der Waals surface area contributed by atoms with Crippen LogP contribution in [0.2, 0.25) is 0 Å². The van der Waals surface area contributed by atoms with Gasteiger partial charge in [-0.3, -0.25) is 4.79 Å². The number of nitrogens with zero attached hydrogens (tertiary/aromatic N) is 2. The Morgan fingerprint density at radius 1 is 0.969 bits per heavy atom. The van der Waals surface area contributed by atoms with Gasteiger partial charge in [0, 0.05) is 18.9 Å². The molecule has 0 radical (unpaired) electrons. The molecule has 2 aromatic carbocycles. The number of aromatic nitrogens is 2. The van der Waals surface area contributed by atoms with Crippen molar-refractivity contribution in [2.45, 2.75) is 13.0 Å². The van der Waals surface area contributed by atoms with Gasteiger partial charge in [-0.15, -0.1) is 0 Å². The lowest BCUT2D eigenvalue weighted by atomic mass is 10.1. The smallest absolute Gasteiger partial charge is 0.255 e. The van der Waals surface area contributed by atoms with Gasteiger partial charge >= 0.3 is 0 Å². The first-order valence-corrected chi connectivity index (χ1v) is 10.3. The molecule has 4 aromatic rings. The summed E-state index contributed by atoms with van der Waals surface area (Å²) < 4.78 is 18.5. The molecule has 0 aliphatic heterocycles. The second-order valence-corrected chi connectivity index (χ2v) is 7.18. The van der Waals surface area contributed by atoms with Crippen LogP contribution in [0.4, 0.5) is 0 Å². The average molecular weight is 431 g/mol. The molecular formula is C25H25N3O4. The Bertz CT molecular complexity index is 1190. The lowest BCUT2D eigenvalue weighted by Gasteiger charge is -2.12. The standard InChI is InChI=1S/C25H25N3O4/c1-30-22-11-10-18(15-23(22)31-2)12-13-26-25(29)20-7-3-4-8-21(20)32-17-19-16-28-14-6-5-9-24(28)27-19/h3-11,14-16H,12-13,17H2,1-2H3,(H,26,29). The van der Waals surface area contributed by atoms with Crippen LogP contribution in [0.25, 0.3) is 5.65 Å². The lowest BCUT2D eigenvalue weighted by molar-refractivity contribution is 0.0949. The van der Waals surface area contributed by atoms with Crippen molar-refractivity contribution in [1.82, 2.24) is 14.7 Å². The van der Waals surface area contributed by atoms with E-state index in [0.717, 1.165) is 16.9 Å². The second kappa shape index (κ2) is 9.87. The number of ether oxygens (including phenoxy) is 3. The van der Waals surface area contributed by atoms with Crippen LogP contribution >= 0.6 is 0 Å². The normalized spacial score (nSPS) is 10.7. The van der Waals surface area contributed by atoms with Crippen molar-refractivity contribution in [2.24, 2.45) is 0 Å². The average Bonchev–Trinajstić information content (AvgIpc) is 3.25. The van der Waals surface area contributed by atoms with Crippen molar-refractivity contribution in [3.63, 3.8) is 0 Å². The molecule has 164 valence electrons. The predicted octanol–water partition coefficient (Wildman–Crippen LogP) is 3.90. The SMILES string of the molecule is COc1ccc(CCNC(=O)c2ccccc2OCc2cn3ccccc3n2)cc1OC. The summed E-state index contributed by atoms with van der Waals surface area (Å²) in [6.07, 6.45) is 4.52. The van der Waals surface area contributed by atoms with Crippen molar-refractivity contribution in [1.29, 1.82) is 0 Å². The van der Waals surface area contributed by atoms with Crippen LogP contribution in [0.5, 0.6) is 17.2 Å². The Labute approximate surface area is 186 Å². The van der Waals surface area contributed by atoms with Crippen LogP contribution in [0.3, 0.4) is 0 Å². The zero-order valence-corrected chi connectivity index (χ0v) is 18.1. The highest BCUT2D eigenvalue weighted by Crippen LogP contribution is 2.27. The summed E-state index contributed by atoms with van der Waals surface area (Å²) in [7, 11) is 3.21. The molecule has 7 heteroatoms. The van der Waals surface area contributed by atoms with Gasteiger partial charge in [0.05, 0.1) is 25.5 Å². The number of pyridine rings is 1. The maximum absolute atomic E-state index is 12.8. The minimum Gasteiger partial charge on any atom is -0.493 e. The summed E-state index contributed by atoms with van der Waals surface area (Å²) >= 11 is 0. The molecule has 0 unspecified atom stereocenters. The third kappa shape index (κ3) is 4.83. The number of fused-ring (bicyclic) bond motifs is 1. The minimum atomic E-state index is -0.184. The quantitative estimate of drug-likeness (QED) is 0.435. The molecule has 0 spiro atoms. The fraction of sp³-hybridized carbons (Fsp3) is 0.200. The van der Waals surface area contributed by atoms with Gasteiger partial charge < -0.3 is 23.9 Å². The number of benzene rings is 2. The molecule has 4 rings (SSSR count). The minimum absolute atomic E-state index is 0.184. The molecule has 0 aliphatic rings. The van der Waals surface area contributed by atoms with E-state index in [4.69, 9.17) is 14.2 Å².